The van der Waals surface area contributed by atoms with Crippen molar-refractivity contribution >= 4 is 57.8 Å². The van der Waals surface area contributed by atoms with Gasteiger partial charge in [-0.25, -0.2) is 4.98 Å². The third kappa shape index (κ3) is 7.02. The van der Waals surface area contributed by atoms with Crippen molar-refractivity contribution in [3.05, 3.63) is 145 Å². The summed E-state index contributed by atoms with van der Waals surface area (Å²) in [5.74, 6) is 2.13. The average molecular weight is 907 g/mol. The van der Waals surface area contributed by atoms with Gasteiger partial charge in [0.05, 0.1) is 8.07 Å². The summed E-state index contributed by atoms with van der Waals surface area (Å²) in [5.41, 5.74) is 8.86. The Kier molecular flexibility index (Phi) is 9.69. The molecule has 0 amide bonds. The van der Waals surface area contributed by atoms with Crippen molar-refractivity contribution in [2.24, 2.45) is 0 Å². The van der Waals surface area contributed by atoms with Gasteiger partial charge in [0.15, 0.2) is 0 Å². The van der Waals surface area contributed by atoms with Gasteiger partial charge in [0, 0.05) is 61.3 Å². The van der Waals surface area contributed by atoms with Gasteiger partial charge in [-0.15, -0.1) is 48.1 Å². The van der Waals surface area contributed by atoms with Gasteiger partial charge in [-0.2, -0.15) is 12.1 Å². The van der Waals surface area contributed by atoms with Crippen LogP contribution >= 0.6 is 0 Å². The number of para-hydroxylation sites is 2. The summed E-state index contributed by atoms with van der Waals surface area (Å²) in [6.45, 7) is 22.8. The second-order valence-corrected chi connectivity index (χ2v) is 22.3. The van der Waals surface area contributed by atoms with Crippen LogP contribution in [0.4, 0.5) is 22.7 Å². The van der Waals surface area contributed by atoms with Crippen molar-refractivity contribution in [2.45, 2.75) is 72.0 Å². The Balaban J connectivity index is 0.00000450. The van der Waals surface area contributed by atoms with Crippen LogP contribution in [0, 0.1) is 18.8 Å². The van der Waals surface area contributed by atoms with Crippen LogP contribution in [0.15, 0.2) is 115 Å². The molecule has 0 saturated heterocycles. The molecule has 0 unspecified atom stereocenters. The summed E-state index contributed by atoms with van der Waals surface area (Å²) in [6, 6.07) is 46.0. The number of rotatable bonds is 6. The molecule has 54 heavy (non-hydrogen) atoms. The maximum atomic E-state index is 6.59. The molecule has 0 atom stereocenters. The number of aromatic nitrogens is 2. The minimum Gasteiger partial charge on any atom is -0.509 e. The van der Waals surface area contributed by atoms with Gasteiger partial charge in [-0.05, 0) is 69.8 Å². The van der Waals surface area contributed by atoms with Crippen molar-refractivity contribution < 1.29 is 25.8 Å². The van der Waals surface area contributed by atoms with E-state index < -0.39 is 8.07 Å². The van der Waals surface area contributed by atoms with Gasteiger partial charge in [0.1, 0.15) is 5.82 Å². The summed E-state index contributed by atoms with van der Waals surface area (Å²) in [7, 11) is -1.58. The van der Waals surface area contributed by atoms with Crippen LogP contribution in [0.1, 0.15) is 52.7 Å². The van der Waals surface area contributed by atoms with Gasteiger partial charge in [0.2, 0.25) is 0 Å². The summed E-state index contributed by atoms with van der Waals surface area (Å²) in [6.07, 6.45) is 1.92. The molecule has 1 aliphatic rings. The van der Waals surface area contributed by atoms with E-state index in [-0.39, 0.29) is 31.9 Å². The maximum Gasteiger partial charge on any atom is 0.135 e. The Morgan fingerprint density at radius 1 is 0.648 bits per heavy atom. The third-order valence-corrected chi connectivity index (χ3v) is 12.3. The zero-order chi connectivity index (χ0) is 37.3. The topological polar surface area (TPSA) is 33.5 Å². The number of hydrogen-bond donors (Lipinski definition) is 0. The zero-order valence-corrected chi connectivity index (χ0v) is 35.8. The Hall–Kier alpha value is -4.64. The van der Waals surface area contributed by atoms with E-state index in [0.717, 1.165) is 45.0 Å². The zero-order valence-electron chi connectivity index (χ0n) is 32.6. The SMILES string of the molecule is CC(C)(C)c1cccc(N2[CH-]N(c3[c-]c(Oc4[c-]c5c(cc4)c4ccc([Si](C)(C)C)cc4n5-c4cc(C(C)(C)C)ccn4)ccc3)c3ccccc32)c1.[Pt]. The van der Waals surface area contributed by atoms with E-state index in [1.54, 1.807) is 0 Å². The van der Waals surface area contributed by atoms with Crippen LogP contribution in [0.5, 0.6) is 11.5 Å². The molecule has 2 aromatic heterocycles. The number of pyridine rings is 1. The molecule has 7 aromatic rings. The Morgan fingerprint density at radius 2 is 1.31 bits per heavy atom. The van der Waals surface area contributed by atoms with Crippen molar-refractivity contribution in [3.8, 4) is 17.3 Å². The van der Waals surface area contributed by atoms with Crippen LogP contribution in [-0.2, 0) is 31.9 Å². The van der Waals surface area contributed by atoms with E-state index in [4.69, 9.17) is 9.72 Å². The molecule has 0 aliphatic carbocycles. The van der Waals surface area contributed by atoms with E-state index in [1.165, 1.54) is 21.7 Å². The monoisotopic (exact) mass is 906 g/mol. The molecule has 5 aromatic carbocycles. The minimum atomic E-state index is -1.58. The number of ether oxygens (including phenoxy) is 1. The maximum absolute atomic E-state index is 6.59. The van der Waals surface area contributed by atoms with Gasteiger partial charge < -0.3 is 19.1 Å². The van der Waals surface area contributed by atoms with Crippen LogP contribution in [0.3, 0.4) is 0 Å². The summed E-state index contributed by atoms with van der Waals surface area (Å²) in [5, 5.41) is 3.71. The first-order valence-electron chi connectivity index (χ1n) is 18.5. The second-order valence-electron chi connectivity index (χ2n) is 17.2. The van der Waals surface area contributed by atoms with E-state index in [1.807, 2.05) is 24.4 Å². The van der Waals surface area contributed by atoms with Gasteiger partial charge in [-0.1, -0.05) is 108 Å². The fraction of sp³-hybridized carbons (Fsp3) is 0.234. The van der Waals surface area contributed by atoms with Gasteiger partial charge in [0.25, 0.3) is 0 Å². The van der Waals surface area contributed by atoms with Crippen molar-refractivity contribution in [1.29, 1.82) is 0 Å². The summed E-state index contributed by atoms with van der Waals surface area (Å²) >= 11 is 0. The first-order chi connectivity index (χ1) is 25.1. The molecule has 3 heterocycles. The molecule has 0 spiro atoms. The third-order valence-electron chi connectivity index (χ3n) is 10.2. The predicted molar refractivity (Wildman–Crippen MR) is 225 cm³/mol. The number of fused-ring (bicyclic) bond motifs is 4. The number of anilines is 4. The largest absolute Gasteiger partial charge is 0.509 e. The Morgan fingerprint density at radius 3 is 2.04 bits per heavy atom. The molecular weight excluding hydrogens is 860 g/mol. The normalized spacial score (nSPS) is 13.4. The molecule has 5 nitrogen and oxygen atoms in total. The van der Waals surface area contributed by atoms with Crippen molar-refractivity contribution in [2.75, 3.05) is 9.80 Å². The van der Waals surface area contributed by atoms with E-state index in [0.29, 0.717) is 11.5 Å². The summed E-state index contributed by atoms with van der Waals surface area (Å²) in [4.78, 5) is 9.35. The molecule has 0 fully saturated rings. The van der Waals surface area contributed by atoms with Crippen molar-refractivity contribution in [3.63, 3.8) is 0 Å². The van der Waals surface area contributed by atoms with E-state index in [9.17, 15) is 0 Å². The summed E-state index contributed by atoms with van der Waals surface area (Å²) < 4.78 is 8.85. The molecule has 7 heteroatoms. The van der Waals surface area contributed by atoms with E-state index >= 15 is 0 Å². The fourth-order valence-electron chi connectivity index (χ4n) is 7.08. The number of hydrogen-bond acceptors (Lipinski definition) is 4. The van der Waals surface area contributed by atoms with Gasteiger partial charge in [-0.3, -0.25) is 0 Å². The first kappa shape index (κ1) is 37.7. The average Bonchev–Trinajstić information content (AvgIpc) is 3.66. The van der Waals surface area contributed by atoms with Crippen LogP contribution in [-0.4, -0.2) is 17.6 Å². The van der Waals surface area contributed by atoms with Crippen LogP contribution in [0.2, 0.25) is 19.6 Å². The Bertz CT molecular complexity index is 2500. The number of nitrogens with zero attached hydrogens (tertiary/aromatic N) is 4. The first-order valence-corrected chi connectivity index (χ1v) is 22.0. The van der Waals surface area contributed by atoms with Gasteiger partial charge >= 0.3 is 0 Å². The van der Waals surface area contributed by atoms with E-state index in [2.05, 4.69) is 185 Å². The molecule has 278 valence electrons. The molecule has 0 radical (unpaired) electrons. The number of benzene rings is 5. The van der Waals surface area contributed by atoms with Crippen molar-refractivity contribution in [1.82, 2.24) is 9.55 Å². The smallest absolute Gasteiger partial charge is 0.135 e. The predicted octanol–water partition coefficient (Wildman–Crippen LogP) is 12.1. The molecular formula is C47H47N4OPtSi-3. The second kappa shape index (κ2) is 13.9. The molecule has 1 aliphatic heterocycles. The molecule has 0 N–H and O–H groups in total. The standard InChI is InChI=1S/C47H47N4OSi.Pt/c1-46(2,3)32-14-12-15-34(26-32)49-31-50(42-19-11-10-18-41(42)49)35-16-13-17-36(28-35)52-37-20-22-39-40-23-21-38(53(7,8)9)30-44(40)51(43(39)29-37)45-27-33(24-25-48-45)47(4,5)6;/h10-27,30-31H,1-9H3;/q-3;. The molecule has 8 rings (SSSR count). The molecule has 0 saturated carbocycles. The van der Waals surface area contributed by atoms with Crippen LogP contribution in [0.25, 0.3) is 27.6 Å². The molecule has 0 bridgehead atoms. The quantitative estimate of drug-likeness (QED) is 0.123. The van der Waals surface area contributed by atoms with Crippen LogP contribution < -0.4 is 19.7 Å². The Labute approximate surface area is 335 Å². The fourth-order valence-corrected chi connectivity index (χ4v) is 8.23. The minimum absolute atomic E-state index is 0.